The number of aryl methyl sites for hydroxylation is 1. The molecule has 2 aromatic heterocycles. The second kappa shape index (κ2) is 6.68. The summed E-state index contributed by atoms with van der Waals surface area (Å²) in [7, 11) is 0. The number of rotatable bonds is 4. The Balaban J connectivity index is 1.65. The van der Waals surface area contributed by atoms with Crippen molar-refractivity contribution in [1.29, 1.82) is 5.26 Å². The molecule has 0 saturated carbocycles. The normalized spacial score (nSPS) is 16.9. The summed E-state index contributed by atoms with van der Waals surface area (Å²) in [6, 6.07) is 12.0. The molecule has 0 spiro atoms. The van der Waals surface area contributed by atoms with Gasteiger partial charge in [0.25, 0.3) is 5.91 Å². The number of likely N-dealkylation sites (tertiary alicyclic amines) is 1. The number of carbonyl (C=O) groups is 1. The first-order valence-electron chi connectivity index (χ1n) is 8.92. The molecule has 0 bridgehead atoms. The number of para-hydroxylation sites is 1. The number of benzene rings is 1. The van der Waals surface area contributed by atoms with E-state index in [2.05, 4.69) is 11.2 Å². The average Bonchev–Trinajstić information content (AvgIpc) is 3.35. The van der Waals surface area contributed by atoms with E-state index in [0.29, 0.717) is 12.2 Å². The fourth-order valence-corrected chi connectivity index (χ4v) is 3.85. The van der Waals surface area contributed by atoms with Gasteiger partial charge in [0.2, 0.25) is 0 Å². The van der Waals surface area contributed by atoms with Crippen LogP contribution in [0.5, 0.6) is 0 Å². The molecular weight excluding hydrogens is 326 g/mol. The molecule has 3 aromatic rings. The predicted octanol–water partition coefficient (Wildman–Crippen LogP) is 2.97. The molecule has 0 radical (unpaired) electrons. The van der Waals surface area contributed by atoms with Gasteiger partial charge in [-0.1, -0.05) is 18.2 Å². The fraction of sp³-hybridized carbons (Fsp3) is 0.350. The molecule has 6 nitrogen and oxygen atoms in total. The van der Waals surface area contributed by atoms with Crippen molar-refractivity contribution in [1.82, 2.24) is 19.2 Å². The molecule has 1 saturated heterocycles. The highest BCUT2D eigenvalue weighted by molar-refractivity contribution is 5.99. The Hall–Kier alpha value is -3.07. The number of fused-ring (bicyclic) bond motifs is 1. The number of hydrogen-bond acceptors (Lipinski definition) is 3. The number of nitriles is 1. The van der Waals surface area contributed by atoms with Gasteiger partial charge in [-0.2, -0.15) is 10.4 Å². The van der Waals surface area contributed by atoms with Gasteiger partial charge in [-0.15, -0.1) is 0 Å². The fourth-order valence-electron chi connectivity index (χ4n) is 3.85. The maximum atomic E-state index is 13.3. The number of hydrogen-bond donors (Lipinski definition) is 0. The van der Waals surface area contributed by atoms with E-state index in [-0.39, 0.29) is 18.5 Å². The molecule has 3 heterocycles. The second-order valence-corrected chi connectivity index (χ2v) is 6.87. The van der Waals surface area contributed by atoms with Crippen molar-refractivity contribution in [3.8, 4) is 6.07 Å². The molecule has 26 heavy (non-hydrogen) atoms. The van der Waals surface area contributed by atoms with Crippen LogP contribution in [-0.2, 0) is 13.1 Å². The Morgan fingerprint density at radius 3 is 3.00 bits per heavy atom. The van der Waals surface area contributed by atoms with Gasteiger partial charge in [0.1, 0.15) is 12.2 Å². The van der Waals surface area contributed by atoms with Gasteiger partial charge in [0.05, 0.1) is 24.9 Å². The maximum absolute atomic E-state index is 13.3. The van der Waals surface area contributed by atoms with E-state index >= 15 is 0 Å². The zero-order valence-corrected chi connectivity index (χ0v) is 14.8. The van der Waals surface area contributed by atoms with Gasteiger partial charge in [0.15, 0.2) is 0 Å². The van der Waals surface area contributed by atoms with Crippen LogP contribution in [0.25, 0.3) is 10.9 Å². The minimum absolute atomic E-state index is 0.00262. The highest BCUT2D eigenvalue weighted by Gasteiger charge is 2.31. The lowest BCUT2D eigenvalue weighted by molar-refractivity contribution is 0.0712. The summed E-state index contributed by atoms with van der Waals surface area (Å²) in [6.45, 7) is 3.64. The van der Waals surface area contributed by atoms with Crippen LogP contribution in [0, 0.1) is 18.3 Å². The summed E-state index contributed by atoms with van der Waals surface area (Å²) < 4.78 is 3.74. The lowest BCUT2D eigenvalue weighted by Gasteiger charge is -2.25. The predicted molar refractivity (Wildman–Crippen MR) is 98.6 cm³/mol. The van der Waals surface area contributed by atoms with Crippen LogP contribution in [0.15, 0.2) is 42.7 Å². The number of aromatic nitrogens is 3. The first-order valence-corrected chi connectivity index (χ1v) is 8.92. The highest BCUT2D eigenvalue weighted by Crippen LogP contribution is 2.25. The van der Waals surface area contributed by atoms with Crippen molar-refractivity contribution in [3.05, 3.63) is 54.0 Å². The van der Waals surface area contributed by atoms with Crippen molar-refractivity contribution < 1.29 is 4.79 Å². The van der Waals surface area contributed by atoms with Crippen LogP contribution in [0.2, 0.25) is 0 Å². The van der Waals surface area contributed by atoms with Gasteiger partial charge in [-0.05, 0) is 37.5 Å². The molecule has 1 aromatic carbocycles. The van der Waals surface area contributed by atoms with E-state index in [1.165, 1.54) is 0 Å². The van der Waals surface area contributed by atoms with E-state index in [4.69, 9.17) is 0 Å². The quantitative estimate of drug-likeness (QED) is 0.729. The van der Waals surface area contributed by atoms with E-state index < -0.39 is 0 Å². The number of carbonyl (C=O) groups excluding carboxylic acids is 1. The van der Waals surface area contributed by atoms with E-state index in [1.807, 2.05) is 63.8 Å². The summed E-state index contributed by atoms with van der Waals surface area (Å²) in [5.41, 5.74) is 2.64. The largest absolute Gasteiger partial charge is 0.333 e. The summed E-state index contributed by atoms with van der Waals surface area (Å²) >= 11 is 0. The van der Waals surface area contributed by atoms with Crippen LogP contribution in [-0.4, -0.2) is 37.7 Å². The lowest BCUT2D eigenvalue weighted by atomic mass is 10.2. The molecule has 4 rings (SSSR count). The molecule has 0 N–H and O–H groups in total. The number of amides is 1. The molecule has 0 unspecified atom stereocenters. The molecule has 6 heteroatoms. The summed E-state index contributed by atoms with van der Waals surface area (Å²) in [5.74, 6) is 0.00262. The van der Waals surface area contributed by atoms with Crippen molar-refractivity contribution >= 4 is 16.8 Å². The average molecular weight is 347 g/mol. The van der Waals surface area contributed by atoms with Crippen molar-refractivity contribution in [2.75, 3.05) is 6.54 Å². The molecule has 1 atom stereocenters. The minimum atomic E-state index is 0.00262. The van der Waals surface area contributed by atoms with E-state index in [0.717, 1.165) is 35.9 Å². The van der Waals surface area contributed by atoms with Crippen molar-refractivity contribution in [2.45, 2.75) is 38.9 Å². The Morgan fingerprint density at radius 2 is 2.23 bits per heavy atom. The molecule has 1 aliphatic heterocycles. The zero-order valence-electron chi connectivity index (χ0n) is 14.8. The molecular formula is C20H21N5O. The van der Waals surface area contributed by atoms with Crippen molar-refractivity contribution in [3.63, 3.8) is 0 Å². The van der Waals surface area contributed by atoms with Crippen LogP contribution >= 0.6 is 0 Å². The SMILES string of the molecule is Cc1cnn(C[C@H]2CCCN2C(=O)c2cc3ccccc3n2CC#N)c1. The molecule has 0 aliphatic carbocycles. The Kier molecular flexibility index (Phi) is 4.21. The van der Waals surface area contributed by atoms with E-state index in [9.17, 15) is 10.1 Å². The van der Waals surface area contributed by atoms with Crippen LogP contribution in [0.1, 0.15) is 28.9 Å². The van der Waals surface area contributed by atoms with Gasteiger partial charge in [0, 0.05) is 23.6 Å². The molecule has 132 valence electrons. The third-order valence-corrected chi connectivity index (χ3v) is 5.06. The van der Waals surface area contributed by atoms with Gasteiger partial charge < -0.3 is 9.47 Å². The van der Waals surface area contributed by atoms with Crippen LogP contribution in [0.3, 0.4) is 0 Å². The maximum Gasteiger partial charge on any atom is 0.270 e. The summed E-state index contributed by atoms with van der Waals surface area (Å²) in [6.07, 6.45) is 5.82. The molecule has 1 amide bonds. The standard InChI is InChI=1S/C20H21N5O/c1-15-12-22-23(13-15)14-17-6-4-9-24(17)20(26)19-11-16-5-2-3-7-18(16)25(19)10-8-21/h2-3,5,7,11-13,17H,4,6,9-10,14H2,1H3/t17-/m1/s1. The third kappa shape index (κ3) is 2.86. The topological polar surface area (TPSA) is 66.8 Å². The number of nitrogens with zero attached hydrogens (tertiary/aromatic N) is 5. The first kappa shape index (κ1) is 16.4. The molecule has 1 aliphatic rings. The minimum Gasteiger partial charge on any atom is -0.333 e. The Labute approximate surface area is 152 Å². The van der Waals surface area contributed by atoms with Crippen molar-refractivity contribution in [2.24, 2.45) is 0 Å². The Morgan fingerprint density at radius 1 is 1.38 bits per heavy atom. The summed E-state index contributed by atoms with van der Waals surface area (Å²) in [5, 5.41) is 14.6. The third-order valence-electron chi connectivity index (χ3n) is 5.06. The van der Waals surface area contributed by atoms with E-state index in [1.54, 1.807) is 0 Å². The first-order chi connectivity index (χ1) is 12.7. The monoisotopic (exact) mass is 347 g/mol. The smallest absolute Gasteiger partial charge is 0.270 e. The summed E-state index contributed by atoms with van der Waals surface area (Å²) in [4.78, 5) is 15.2. The zero-order chi connectivity index (χ0) is 18.1. The van der Waals surface area contributed by atoms with Gasteiger partial charge in [-0.25, -0.2) is 0 Å². The van der Waals surface area contributed by atoms with Crippen LogP contribution in [0.4, 0.5) is 0 Å². The molecule has 1 fully saturated rings. The van der Waals surface area contributed by atoms with Gasteiger partial charge >= 0.3 is 0 Å². The second-order valence-electron chi connectivity index (χ2n) is 6.87. The van der Waals surface area contributed by atoms with Gasteiger partial charge in [-0.3, -0.25) is 9.48 Å². The van der Waals surface area contributed by atoms with Crippen LogP contribution < -0.4 is 0 Å². The highest BCUT2D eigenvalue weighted by atomic mass is 16.2. The Bertz CT molecular complexity index is 993. The lowest BCUT2D eigenvalue weighted by Crippen LogP contribution is -2.39.